The Morgan fingerprint density at radius 1 is 0.196 bits per heavy atom. The quantitative estimate of drug-likeness (QED) is 0.149. The van der Waals surface area contributed by atoms with Crippen LogP contribution in [-0.2, 0) is 28.2 Å². The molecule has 0 fully saturated rings. The Balaban J connectivity index is 1.10. The number of aromatic nitrogens is 4. The summed E-state index contributed by atoms with van der Waals surface area (Å²) in [5.41, 5.74) is 19.7. The summed E-state index contributed by atoms with van der Waals surface area (Å²) in [6, 6.07) is 55.7. The fraction of sp³-hybridized carbons (Fsp3) is 0.0769. The lowest BCUT2D eigenvalue weighted by Gasteiger charge is -2.07. The lowest BCUT2D eigenvalue weighted by molar-refractivity contribution is 1.01. The van der Waals surface area contributed by atoms with Crippen LogP contribution in [0.1, 0.15) is 0 Å². The molecule has 0 unspecified atom stereocenters. The van der Waals surface area contributed by atoms with Crippen LogP contribution in [0.2, 0.25) is 0 Å². The average molecular weight is 717 g/mol. The molecule has 0 amide bonds. The van der Waals surface area contributed by atoms with Gasteiger partial charge in [0.2, 0.25) is 0 Å². The summed E-state index contributed by atoms with van der Waals surface area (Å²) in [4.78, 5) is 0. The molecule has 0 saturated carbocycles. The molecule has 56 heavy (non-hydrogen) atoms. The van der Waals surface area contributed by atoms with Crippen LogP contribution in [0.5, 0.6) is 0 Å². The van der Waals surface area contributed by atoms with Gasteiger partial charge in [-0.3, -0.25) is 0 Å². The Labute approximate surface area is 322 Å². The van der Waals surface area contributed by atoms with Crippen molar-refractivity contribution in [1.29, 1.82) is 0 Å². The summed E-state index contributed by atoms with van der Waals surface area (Å²) >= 11 is 0. The lowest BCUT2D eigenvalue weighted by Crippen LogP contribution is -1.90. The molecule has 264 valence electrons. The lowest BCUT2D eigenvalue weighted by atomic mass is 9.99. The average Bonchev–Trinajstić information content (AvgIpc) is 3.90. The largest absolute Gasteiger partial charge is 0.344 e. The number of aryl methyl sites for hydroxylation is 4. The third-order valence-electron chi connectivity index (χ3n) is 13.4. The summed E-state index contributed by atoms with van der Waals surface area (Å²) in [5.74, 6) is 0. The van der Waals surface area contributed by atoms with Crippen LogP contribution >= 0.6 is 0 Å². The molecule has 0 N–H and O–H groups in total. The molecule has 1 aliphatic heterocycles. The van der Waals surface area contributed by atoms with E-state index in [2.05, 4.69) is 192 Å². The normalized spacial score (nSPS) is 12.6. The van der Waals surface area contributed by atoms with E-state index in [4.69, 9.17) is 0 Å². The number of rotatable bonds is 0. The van der Waals surface area contributed by atoms with E-state index >= 15 is 0 Å². The van der Waals surface area contributed by atoms with Gasteiger partial charge < -0.3 is 18.3 Å². The first kappa shape index (κ1) is 30.3. The number of hydrogen-bond acceptors (Lipinski definition) is 0. The second kappa shape index (κ2) is 10.4. The first-order chi connectivity index (χ1) is 27.4. The van der Waals surface area contributed by atoms with Gasteiger partial charge in [0.1, 0.15) is 0 Å². The zero-order valence-electron chi connectivity index (χ0n) is 31.6. The van der Waals surface area contributed by atoms with E-state index < -0.39 is 0 Å². The van der Waals surface area contributed by atoms with Crippen molar-refractivity contribution in [2.45, 2.75) is 0 Å². The van der Waals surface area contributed by atoms with Crippen molar-refractivity contribution in [3.05, 3.63) is 146 Å². The minimum atomic E-state index is 1.23. The van der Waals surface area contributed by atoms with Crippen LogP contribution in [0, 0.1) is 0 Å². The highest BCUT2D eigenvalue weighted by molar-refractivity contribution is 6.14. The fourth-order valence-electron chi connectivity index (χ4n) is 10.3. The monoisotopic (exact) mass is 716 g/mol. The first-order valence-electron chi connectivity index (χ1n) is 19.5. The van der Waals surface area contributed by atoms with Crippen molar-refractivity contribution in [1.82, 2.24) is 18.3 Å². The van der Waals surface area contributed by atoms with Crippen LogP contribution < -0.4 is 0 Å². The van der Waals surface area contributed by atoms with Gasteiger partial charge in [0, 0.05) is 115 Å². The molecule has 0 atom stereocenters. The topological polar surface area (TPSA) is 19.7 Å². The Morgan fingerprint density at radius 2 is 0.321 bits per heavy atom. The van der Waals surface area contributed by atoms with Gasteiger partial charge >= 0.3 is 0 Å². The minimum Gasteiger partial charge on any atom is -0.344 e. The van der Waals surface area contributed by atoms with Gasteiger partial charge in [0.25, 0.3) is 0 Å². The minimum absolute atomic E-state index is 1.23. The maximum atomic E-state index is 2.37. The number of fused-ring (bicyclic) bond motifs is 16. The SMILES string of the molecule is Cn1c2cc3ccc2c2ccc(cc21)-c1ccc2c4ccc(cc4n(C)c2c1)-c1ccc2c4ccc(cc4n(C)c2c1)-c1ccc2c4ccc-3cc4n(C)c2c1. The molecule has 1 aliphatic rings. The smallest absolute Gasteiger partial charge is 0.0494 e. The maximum Gasteiger partial charge on any atom is 0.0494 e. The molecule has 4 nitrogen and oxygen atoms in total. The zero-order chi connectivity index (χ0) is 37.1. The van der Waals surface area contributed by atoms with E-state index in [-0.39, 0.29) is 0 Å². The number of nitrogens with zero attached hydrogens (tertiary/aromatic N) is 4. The van der Waals surface area contributed by atoms with Gasteiger partial charge in [0.05, 0.1) is 0 Å². The molecule has 16 bridgehead atoms. The van der Waals surface area contributed by atoms with Crippen molar-refractivity contribution in [3.63, 3.8) is 0 Å². The maximum absolute atomic E-state index is 2.37. The summed E-state index contributed by atoms with van der Waals surface area (Å²) in [6.07, 6.45) is 0. The Bertz CT molecular complexity index is 3010. The zero-order valence-corrected chi connectivity index (χ0v) is 31.6. The highest BCUT2D eigenvalue weighted by Crippen LogP contribution is 2.41. The Hall–Kier alpha value is -7.04. The molecule has 0 aliphatic carbocycles. The summed E-state index contributed by atoms with van der Waals surface area (Å²) in [7, 11) is 8.83. The molecule has 4 aromatic heterocycles. The third kappa shape index (κ3) is 3.83. The molecule has 0 spiro atoms. The molecule has 8 aromatic carbocycles. The highest BCUT2D eigenvalue weighted by atomic mass is 15.0. The van der Waals surface area contributed by atoms with Gasteiger partial charge in [-0.15, -0.1) is 0 Å². The van der Waals surface area contributed by atoms with E-state index in [1.54, 1.807) is 0 Å². The van der Waals surface area contributed by atoms with Gasteiger partial charge in [-0.1, -0.05) is 97.1 Å². The molecule has 0 saturated heterocycles. The van der Waals surface area contributed by atoms with E-state index in [0.29, 0.717) is 0 Å². The van der Waals surface area contributed by atoms with Crippen LogP contribution in [0.15, 0.2) is 146 Å². The number of hydrogen-bond donors (Lipinski definition) is 0. The van der Waals surface area contributed by atoms with Crippen LogP contribution in [0.3, 0.4) is 0 Å². The van der Waals surface area contributed by atoms with Crippen molar-refractivity contribution in [2.24, 2.45) is 28.2 Å². The molecule has 4 heteroatoms. The summed E-state index contributed by atoms with van der Waals surface area (Å²) < 4.78 is 9.46. The standard InChI is InChI=1S/C52H36N4/c1-53-45-21-29-5-13-37(45)38-14-6-30(22-46(38)53)32-8-16-40-42-18-10-34(26-50(42)55(3)48(40)24-32)36-12-20-44-43-19-11-35(27-51(43)56(4)52(44)28-36)33-9-17-41-39-15-7-31(29)23-47(39)54(2)49(41)25-33/h5-28H,1-4H3. The van der Waals surface area contributed by atoms with Crippen molar-refractivity contribution >= 4 is 87.2 Å². The second-order valence-corrected chi connectivity index (χ2v) is 16.1. The Kier molecular flexibility index (Phi) is 5.62. The van der Waals surface area contributed by atoms with Gasteiger partial charge in [-0.2, -0.15) is 0 Å². The molecule has 13 rings (SSSR count). The van der Waals surface area contributed by atoms with E-state index in [9.17, 15) is 0 Å². The molecular formula is C52H36N4. The molecule has 12 aromatic rings. The van der Waals surface area contributed by atoms with Crippen molar-refractivity contribution < 1.29 is 0 Å². The predicted octanol–water partition coefficient (Wildman–Crippen LogP) is 13.2. The summed E-state index contributed by atoms with van der Waals surface area (Å²) in [6.45, 7) is 0. The van der Waals surface area contributed by atoms with E-state index in [0.717, 1.165) is 0 Å². The predicted molar refractivity (Wildman–Crippen MR) is 238 cm³/mol. The summed E-state index contributed by atoms with van der Waals surface area (Å²) in [5, 5.41) is 10.2. The third-order valence-corrected chi connectivity index (χ3v) is 13.4. The van der Waals surface area contributed by atoms with Crippen LogP contribution in [0.4, 0.5) is 0 Å². The second-order valence-electron chi connectivity index (χ2n) is 16.1. The highest BCUT2D eigenvalue weighted by Gasteiger charge is 2.17. The first-order valence-corrected chi connectivity index (χ1v) is 19.5. The molecule has 5 heterocycles. The van der Waals surface area contributed by atoms with Gasteiger partial charge in [-0.05, 0) is 93.0 Å². The van der Waals surface area contributed by atoms with Crippen molar-refractivity contribution in [3.8, 4) is 44.5 Å². The van der Waals surface area contributed by atoms with Crippen LogP contribution in [0.25, 0.3) is 132 Å². The van der Waals surface area contributed by atoms with E-state index in [1.165, 1.54) is 132 Å². The van der Waals surface area contributed by atoms with E-state index in [1.807, 2.05) is 0 Å². The Morgan fingerprint density at radius 3 is 0.446 bits per heavy atom. The van der Waals surface area contributed by atoms with Gasteiger partial charge in [-0.25, -0.2) is 0 Å². The fourth-order valence-corrected chi connectivity index (χ4v) is 10.3. The van der Waals surface area contributed by atoms with Crippen molar-refractivity contribution in [2.75, 3.05) is 0 Å². The molecular weight excluding hydrogens is 681 g/mol. The van der Waals surface area contributed by atoms with Crippen LogP contribution in [-0.4, -0.2) is 18.3 Å². The number of benzene rings is 8. The van der Waals surface area contributed by atoms with Gasteiger partial charge in [0.15, 0.2) is 0 Å². The molecule has 0 radical (unpaired) electrons.